The molecule has 1 rings (SSSR count). The third-order valence-corrected chi connectivity index (χ3v) is 2.06. The molecular weight excluding hydrogens is 208 g/mol. The highest BCUT2D eigenvalue weighted by Gasteiger charge is 2.13. The minimum atomic E-state index is -0.736. The number of nitrogens with two attached hydrogens (primary N) is 1. The summed E-state index contributed by atoms with van der Waals surface area (Å²) in [5.41, 5.74) is 5.38. The normalized spacial score (nSPS) is 12.5. The summed E-state index contributed by atoms with van der Waals surface area (Å²) >= 11 is 0. The summed E-state index contributed by atoms with van der Waals surface area (Å²) < 4.78 is 1.06. The summed E-state index contributed by atoms with van der Waals surface area (Å²) in [7, 11) is 0. The molecule has 0 aromatic carbocycles. The lowest BCUT2D eigenvalue weighted by Crippen LogP contribution is -2.33. The van der Waals surface area contributed by atoms with Gasteiger partial charge in [0.15, 0.2) is 0 Å². The molecule has 0 radical (unpaired) electrons. The number of rotatable bonds is 4. The van der Waals surface area contributed by atoms with E-state index in [2.05, 4.69) is 10.4 Å². The van der Waals surface area contributed by atoms with Crippen molar-refractivity contribution in [2.75, 3.05) is 5.32 Å². The van der Waals surface area contributed by atoms with E-state index in [-0.39, 0.29) is 11.6 Å². The monoisotopic (exact) mass is 224 g/mol. The summed E-state index contributed by atoms with van der Waals surface area (Å²) in [6, 6.07) is 0.873. The molecule has 0 fully saturated rings. The van der Waals surface area contributed by atoms with Gasteiger partial charge in [0.25, 0.3) is 5.56 Å². The highest BCUT2D eigenvalue weighted by molar-refractivity contribution is 5.77. The molecule has 0 saturated carbocycles. The molecule has 6 heteroatoms. The summed E-state index contributed by atoms with van der Waals surface area (Å²) in [6.07, 6.45) is 1.50. The van der Waals surface area contributed by atoms with Gasteiger partial charge in [-0.05, 0) is 20.8 Å². The lowest BCUT2D eigenvalue weighted by Gasteiger charge is -2.12. The first kappa shape index (κ1) is 12.2. The van der Waals surface area contributed by atoms with Gasteiger partial charge in [0.1, 0.15) is 6.04 Å². The maximum absolute atomic E-state index is 11.6. The predicted octanol–water partition coefficient (Wildman–Crippen LogP) is 0.110. The van der Waals surface area contributed by atoms with E-state index in [0.29, 0.717) is 5.69 Å². The Hall–Kier alpha value is -1.85. The van der Waals surface area contributed by atoms with E-state index in [9.17, 15) is 9.59 Å². The fraction of sp³-hybridized carbons (Fsp3) is 0.500. The quantitative estimate of drug-likeness (QED) is 0.759. The zero-order chi connectivity index (χ0) is 12.3. The van der Waals surface area contributed by atoms with Gasteiger partial charge in [0, 0.05) is 12.1 Å². The minimum Gasteiger partial charge on any atom is -0.381 e. The highest BCUT2D eigenvalue weighted by atomic mass is 16.2. The van der Waals surface area contributed by atoms with Crippen molar-refractivity contribution in [2.45, 2.75) is 32.9 Å². The zero-order valence-corrected chi connectivity index (χ0v) is 9.60. The van der Waals surface area contributed by atoms with Crippen molar-refractivity contribution >= 4 is 11.6 Å². The molecule has 16 heavy (non-hydrogen) atoms. The summed E-state index contributed by atoms with van der Waals surface area (Å²) in [5.74, 6) is -0.584. The van der Waals surface area contributed by atoms with E-state index in [4.69, 9.17) is 5.73 Å². The van der Waals surface area contributed by atoms with Crippen LogP contribution >= 0.6 is 0 Å². The third kappa shape index (κ3) is 2.82. The van der Waals surface area contributed by atoms with Crippen molar-refractivity contribution in [1.29, 1.82) is 0 Å². The van der Waals surface area contributed by atoms with Crippen LogP contribution < -0.4 is 16.6 Å². The van der Waals surface area contributed by atoms with E-state index >= 15 is 0 Å². The number of primary amides is 1. The van der Waals surface area contributed by atoms with Gasteiger partial charge in [-0.1, -0.05) is 0 Å². The molecule has 1 aromatic rings. The molecular formula is C10H16N4O2. The standard InChI is InChI=1S/C10H16N4O2/c1-6(2)13-8-4-9(15)14(12-5-8)7(3)10(11)16/h4-7,13H,1-3H3,(H2,11,16). The number of carbonyl (C=O) groups excluding carboxylic acids is 1. The first-order valence-electron chi connectivity index (χ1n) is 5.06. The summed E-state index contributed by atoms with van der Waals surface area (Å²) in [5, 5.41) is 6.94. The largest absolute Gasteiger partial charge is 0.381 e. The Morgan fingerprint density at radius 1 is 1.50 bits per heavy atom. The van der Waals surface area contributed by atoms with Gasteiger partial charge in [-0.3, -0.25) is 9.59 Å². The zero-order valence-electron chi connectivity index (χ0n) is 9.60. The van der Waals surface area contributed by atoms with E-state index in [0.717, 1.165) is 4.68 Å². The maximum Gasteiger partial charge on any atom is 0.269 e. The number of nitrogens with one attached hydrogen (secondary N) is 1. The molecule has 1 unspecified atom stereocenters. The minimum absolute atomic E-state index is 0.214. The fourth-order valence-electron chi connectivity index (χ4n) is 1.24. The molecule has 1 aromatic heterocycles. The summed E-state index contributed by atoms with van der Waals surface area (Å²) in [4.78, 5) is 22.5. The van der Waals surface area contributed by atoms with Crippen LogP contribution in [0, 0.1) is 0 Å². The van der Waals surface area contributed by atoms with E-state index in [1.807, 2.05) is 13.8 Å². The number of carbonyl (C=O) groups is 1. The van der Waals surface area contributed by atoms with E-state index in [1.54, 1.807) is 0 Å². The first-order valence-corrected chi connectivity index (χ1v) is 5.06. The number of hydrogen-bond donors (Lipinski definition) is 2. The molecule has 0 aliphatic rings. The molecule has 88 valence electrons. The Kier molecular flexibility index (Phi) is 3.65. The molecule has 0 bridgehead atoms. The van der Waals surface area contributed by atoms with Gasteiger partial charge >= 0.3 is 0 Å². The van der Waals surface area contributed by atoms with Gasteiger partial charge in [-0.2, -0.15) is 5.10 Å². The van der Waals surface area contributed by atoms with Crippen molar-refractivity contribution in [1.82, 2.24) is 9.78 Å². The molecule has 0 spiro atoms. The molecule has 1 heterocycles. The predicted molar refractivity (Wildman–Crippen MR) is 61.2 cm³/mol. The van der Waals surface area contributed by atoms with Gasteiger partial charge in [0.05, 0.1) is 11.9 Å². The highest BCUT2D eigenvalue weighted by Crippen LogP contribution is 2.04. The van der Waals surface area contributed by atoms with E-state index in [1.165, 1.54) is 19.2 Å². The molecule has 6 nitrogen and oxygen atoms in total. The molecule has 0 saturated heterocycles. The van der Waals surface area contributed by atoms with Crippen molar-refractivity contribution in [2.24, 2.45) is 5.73 Å². The number of aromatic nitrogens is 2. The van der Waals surface area contributed by atoms with Gasteiger partial charge in [0.2, 0.25) is 5.91 Å². The average molecular weight is 224 g/mol. The Morgan fingerprint density at radius 3 is 2.56 bits per heavy atom. The van der Waals surface area contributed by atoms with Crippen LogP contribution in [-0.4, -0.2) is 21.7 Å². The van der Waals surface area contributed by atoms with Crippen LogP contribution in [0.5, 0.6) is 0 Å². The van der Waals surface area contributed by atoms with Crippen LogP contribution in [-0.2, 0) is 4.79 Å². The van der Waals surface area contributed by atoms with Crippen molar-refractivity contribution in [3.8, 4) is 0 Å². The maximum atomic E-state index is 11.6. The second-order valence-electron chi connectivity index (χ2n) is 3.90. The molecule has 1 atom stereocenters. The number of anilines is 1. The number of amides is 1. The topological polar surface area (TPSA) is 90.0 Å². The molecule has 1 amide bonds. The van der Waals surface area contributed by atoms with Gasteiger partial charge in [-0.25, -0.2) is 4.68 Å². The Balaban J connectivity index is 3.00. The lowest BCUT2D eigenvalue weighted by atomic mass is 10.3. The van der Waals surface area contributed by atoms with Crippen LogP contribution in [0.2, 0.25) is 0 Å². The second-order valence-corrected chi connectivity index (χ2v) is 3.90. The molecule has 0 aliphatic carbocycles. The average Bonchev–Trinajstić information content (AvgIpc) is 2.15. The Labute approximate surface area is 93.5 Å². The molecule has 3 N–H and O–H groups in total. The van der Waals surface area contributed by atoms with Crippen molar-refractivity contribution < 1.29 is 4.79 Å². The SMILES string of the molecule is CC(C)Nc1cnn(C(C)C(N)=O)c(=O)c1. The Bertz CT molecular complexity index is 439. The van der Waals surface area contributed by atoms with Crippen molar-refractivity contribution in [3.05, 3.63) is 22.6 Å². The Morgan fingerprint density at radius 2 is 2.12 bits per heavy atom. The third-order valence-electron chi connectivity index (χ3n) is 2.06. The second kappa shape index (κ2) is 4.78. The van der Waals surface area contributed by atoms with Crippen LogP contribution in [0.25, 0.3) is 0 Å². The van der Waals surface area contributed by atoms with E-state index < -0.39 is 11.9 Å². The lowest BCUT2D eigenvalue weighted by molar-refractivity contribution is -0.121. The van der Waals surface area contributed by atoms with Crippen LogP contribution in [0.3, 0.4) is 0 Å². The summed E-state index contributed by atoms with van der Waals surface area (Å²) in [6.45, 7) is 5.45. The van der Waals surface area contributed by atoms with Crippen LogP contribution in [0.4, 0.5) is 5.69 Å². The fourth-order valence-corrected chi connectivity index (χ4v) is 1.24. The van der Waals surface area contributed by atoms with Gasteiger partial charge in [-0.15, -0.1) is 0 Å². The van der Waals surface area contributed by atoms with Crippen LogP contribution in [0.15, 0.2) is 17.1 Å². The number of nitrogens with zero attached hydrogens (tertiary/aromatic N) is 2. The van der Waals surface area contributed by atoms with Gasteiger partial charge < -0.3 is 11.1 Å². The smallest absolute Gasteiger partial charge is 0.269 e. The first-order chi connectivity index (χ1) is 7.41. The van der Waals surface area contributed by atoms with Crippen LogP contribution in [0.1, 0.15) is 26.8 Å². The number of hydrogen-bond acceptors (Lipinski definition) is 4. The molecule has 0 aliphatic heterocycles. The van der Waals surface area contributed by atoms with Crippen molar-refractivity contribution in [3.63, 3.8) is 0 Å².